The van der Waals surface area contributed by atoms with Crippen molar-refractivity contribution in [3.63, 3.8) is 0 Å². The van der Waals surface area contributed by atoms with Gasteiger partial charge >= 0.3 is 12.1 Å². The number of carbonyl (C=O) groups excluding carboxylic acids is 2. The maximum Gasteiger partial charge on any atom is 0.419 e. The zero-order valence-electron chi connectivity index (χ0n) is 6.97. The van der Waals surface area contributed by atoms with Crippen molar-refractivity contribution in [1.29, 1.82) is 0 Å². The van der Waals surface area contributed by atoms with Crippen LogP contribution in [0.2, 0.25) is 0 Å². The summed E-state index contributed by atoms with van der Waals surface area (Å²) in [6.07, 6.45) is 3.46. The van der Waals surface area contributed by atoms with Gasteiger partial charge in [-0.1, -0.05) is 0 Å². The maximum absolute atomic E-state index is 11.0. The summed E-state index contributed by atoms with van der Waals surface area (Å²) in [6.45, 7) is -0.395. The number of esters is 1. The zero-order valence-corrected chi connectivity index (χ0v) is 6.97. The molecule has 6 heteroatoms. The molecule has 0 unspecified atom stereocenters. The van der Waals surface area contributed by atoms with E-state index in [9.17, 15) is 9.59 Å². The second kappa shape index (κ2) is 4.24. The Kier molecular flexibility index (Phi) is 3.02. The van der Waals surface area contributed by atoms with Gasteiger partial charge in [0.25, 0.3) is 0 Å². The lowest BCUT2D eigenvalue weighted by Gasteiger charge is -2.02. The van der Waals surface area contributed by atoms with Crippen molar-refractivity contribution in [3.05, 3.63) is 18.7 Å². The van der Waals surface area contributed by atoms with Crippen molar-refractivity contribution >= 4 is 12.1 Å². The molecule has 1 aromatic rings. The van der Waals surface area contributed by atoms with E-state index in [-0.39, 0.29) is 0 Å². The minimum Gasteiger partial charge on any atom is -0.466 e. The first-order chi connectivity index (χ1) is 6.24. The fourth-order valence-corrected chi connectivity index (χ4v) is 0.621. The first kappa shape index (κ1) is 9.24. The molecule has 0 aliphatic heterocycles. The van der Waals surface area contributed by atoms with Crippen molar-refractivity contribution in [2.45, 2.75) is 0 Å². The Hall–Kier alpha value is -1.85. The van der Waals surface area contributed by atoms with Crippen LogP contribution < -0.4 is 0 Å². The molecule has 0 radical (unpaired) electrons. The fourth-order valence-electron chi connectivity index (χ4n) is 0.621. The molecule has 1 aromatic heterocycles. The van der Waals surface area contributed by atoms with Gasteiger partial charge in [-0.05, 0) is 0 Å². The number of hydrogen-bond donors (Lipinski definition) is 0. The van der Waals surface area contributed by atoms with Crippen molar-refractivity contribution in [1.82, 2.24) is 9.55 Å². The largest absolute Gasteiger partial charge is 0.466 e. The van der Waals surface area contributed by atoms with Crippen LogP contribution in [-0.4, -0.2) is 35.3 Å². The molecule has 0 aliphatic rings. The number of imidazole rings is 1. The quantitative estimate of drug-likeness (QED) is 0.607. The molecule has 0 N–H and O–H groups in total. The Morgan fingerprint density at radius 3 is 2.85 bits per heavy atom. The van der Waals surface area contributed by atoms with E-state index in [0.717, 1.165) is 4.57 Å². The minimum absolute atomic E-state index is 0.395. The number of aromatic nitrogens is 2. The van der Waals surface area contributed by atoms with E-state index in [1.54, 1.807) is 0 Å². The number of carbonyl (C=O) groups is 2. The fraction of sp³-hybridized carbons (Fsp3) is 0.286. The third kappa shape index (κ3) is 2.58. The summed E-state index contributed by atoms with van der Waals surface area (Å²) in [4.78, 5) is 25.2. The lowest BCUT2D eigenvalue weighted by molar-refractivity contribution is -0.143. The molecule has 0 saturated carbocycles. The highest BCUT2D eigenvalue weighted by Crippen LogP contribution is 1.90. The van der Waals surface area contributed by atoms with Gasteiger partial charge in [-0.2, -0.15) is 0 Å². The molecular formula is C7H8N2O4. The second-order valence-electron chi connectivity index (χ2n) is 2.10. The van der Waals surface area contributed by atoms with E-state index < -0.39 is 18.7 Å². The average Bonchev–Trinajstić information content (AvgIpc) is 2.66. The molecule has 70 valence electrons. The monoisotopic (exact) mass is 184 g/mol. The summed E-state index contributed by atoms with van der Waals surface area (Å²) in [6, 6.07) is 0. The van der Waals surface area contributed by atoms with Crippen LogP contribution in [0.5, 0.6) is 0 Å². The predicted molar refractivity (Wildman–Crippen MR) is 41.0 cm³/mol. The summed E-state index contributed by atoms with van der Waals surface area (Å²) in [5, 5.41) is 0. The first-order valence-corrected chi connectivity index (χ1v) is 3.46. The topological polar surface area (TPSA) is 70.4 Å². The SMILES string of the molecule is COC(=O)COC(=O)n1ccnc1. The molecule has 0 bridgehead atoms. The van der Waals surface area contributed by atoms with E-state index in [1.807, 2.05) is 0 Å². The van der Waals surface area contributed by atoms with E-state index >= 15 is 0 Å². The maximum atomic E-state index is 11.0. The van der Waals surface area contributed by atoms with Gasteiger partial charge in [0, 0.05) is 12.4 Å². The van der Waals surface area contributed by atoms with Gasteiger partial charge in [-0.25, -0.2) is 19.1 Å². The number of methoxy groups -OCH3 is 1. The molecule has 0 fully saturated rings. The molecular weight excluding hydrogens is 176 g/mol. The summed E-state index contributed by atoms with van der Waals surface area (Å²) < 4.78 is 9.94. The average molecular weight is 184 g/mol. The third-order valence-corrected chi connectivity index (χ3v) is 1.26. The van der Waals surface area contributed by atoms with Gasteiger partial charge < -0.3 is 9.47 Å². The van der Waals surface area contributed by atoms with Gasteiger partial charge in [0.05, 0.1) is 7.11 Å². The van der Waals surface area contributed by atoms with Crippen LogP contribution in [0.4, 0.5) is 4.79 Å². The molecule has 13 heavy (non-hydrogen) atoms. The van der Waals surface area contributed by atoms with Crippen LogP contribution in [0.15, 0.2) is 18.7 Å². The van der Waals surface area contributed by atoms with E-state index in [4.69, 9.17) is 0 Å². The molecule has 0 atom stereocenters. The van der Waals surface area contributed by atoms with Crippen molar-refractivity contribution in [3.8, 4) is 0 Å². The van der Waals surface area contributed by atoms with Crippen molar-refractivity contribution < 1.29 is 19.1 Å². The van der Waals surface area contributed by atoms with Gasteiger partial charge in [-0.3, -0.25) is 0 Å². The minimum atomic E-state index is -0.664. The Labute approximate surface area is 74.1 Å². The molecule has 1 heterocycles. The summed E-state index contributed by atoms with van der Waals surface area (Å²) in [7, 11) is 1.22. The molecule has 0 saturated heterocycles. The molecule has 1 rings (SSSR count). The highest BCUT2D eigenvalue weighted by atomic mass is 16.6. The number of ether oxygens (including phenoxy) is 2. The zero-order chi connectivity index (χ0) is 9.68. The van der Waals surface area contributed by atoms with E-state index in [1.165, 1.54) is 25.8 Å². The number of nitrogens with zero attached hydrogens (tertiary/aromatic N) is 2. The molecule has 6 nitrogen and oxygen atoms in total. The summed E-state index contributed by atoms with van der Waals surface area (Å²) in [5.41, 5.74) is 0. The highest BCUT2D eigenvalue weighted by molar-refractivity contribution is 5.76. The summed E-state index contributed by atoms with van der Waals surface area (Å²) in [5.74, 6) is -0.603. The van der Waals surface area contributed by atoms with Crippen LogP contribution in [0.1, 0.15) is 0 Å². The smallest absolute Gasteiger partial charge is 0.419 e. The van der Waals surface area contributed by atoms with Crippen molar-refractivity contribution in [2.75, 3.05) is 13.7 Å². The van der Waals surface area contributed by atoms with Crippen LogP contribution >= 0.6 is 0 Å². The Balaban J connectivity index is 2.39. The van der Waals surface area contributed by atoms with Crippen LogP contribution in [0.25, 0.3) is 0 Å². The third-order valence-electron chi connectivity index (χ3n) is 1.26. The Morgan fingerprint density at radius 2 is 2.31 bits per heavy atom. The standard InChI is InChI=1S/C7H8N2O4/c1-12-6(10)4-13-7(11)9-3-2-8-5-9/h2-3,5H,4H2,1H3. The van der Waals surface area contributed by atoms with Crippen LogP contribution in [-0.2, 0) is 14.3 Å². The van der Waals surface area contributed by atoms with E-state index in [0.29, 0.717) is 0 Å². The lowest BCUT2D eigenvalue weighted by Crippen LogP contribution is -2.18. The molecule has 0 amide bonds. The van der Waals surface area contributed by atoms with Crippen LogP contribution in [0.3, 0.4) is 0 Å². The highest BCUT2D eigenvalue weighted by Gasteiger charge is 2.07. The van der Waals surface area contributed by atoms with Gasteiger partial charge in [0.2, 0.25) is 0 Å². The normalized spacial score (nSPS) is 9.31. The predicted octanol–water partition coefficient (Wildman–Crippen LogP) is 0.0408. The van der Waals surface area contributed by atoms with Crippen LogP contribution in [0, 0.1) is 0 Å². The lowest BCUT2D eigenvalue weighted by atomic mass is 10.7. The Morgan fingerprint density at radius 1 is 1.54 bits per heavy atom. The van der Waals surface area contributed by atoms with E-state index in [2.05, 4.69) is 14.5 Å². The van der Waals surface area contributed by atoms with Gasteiger partial charge in [0.1, 0.15) is 6.33 Å². The molecule has 0 aliphatic carbocycles. The second-order valence-corrected chi connectivity index (χ2v) is 2.10. The molecule has 0 spiro atoms. The Bertz CT molecular complexity index is 293. The number of rotatable bonds is 2. The van der Waals surface area contributed by atoms with Crippen molar-refractivity contribution in [2.24, 2.45) is 0 Å². The van der Waals surface area contributed by atoms with Gasteiger partial charge in [0.15, 0.2) is 6.61 Å². The molecule has 0 aromatic carbocycles. The first-order valence-electron chi connectivity index (χ1n) is 3.46. The number of hydrogen-bond acceptors (Lipinski definition) is 5. The summed E-state index contributed by atoms with van der Waals surface area (Å²) >= 11 is 0. The van der Waals surface area contributed by atoms with Gasteiger partial charge in [-0.15, -0.1) is 0 Å².